The van der Waals surface area contributed by atoms with Crippen molar-refractivity contribution in [3.63, 3.8) is 0 Å². The zero-order valence-electron chi connectivity index (χ0n) is 15.9. The molecule has 1 atom stereocenters. The summed E-state index contributed by atoms with van der Waals surface area (Å²) < 4.78 is 1.94. The van der Waals surface area contributed by atoms with Crippen molar-refractivity contribution in [1.82, 2.24) is 10.9 Å². The Balaban J connectivity index is 1.72. The van der Waals surface area contributed by atoms with Gasteiger partial charge in [0.15, 0.2) is 5.69 Å². The van der Waals surface area contributed by atoms with Crippen molar-refractivity contribution in [2.75, 3.05) is 5.01 Å². The van der Waals surface area contributed by atoms with Gasteiger partial charge in [-0.15, -0.1) is 15.1 Å². The largest absolute Gasteiger partial charge is 0.288 e. The Kier molecular flexibility index (Phi) is 4.65. The van der Waals surface area contributed by atoms with Crippen molar-refractivity contribution < 1.29 is 4.68 Å². The lowest BCUT2D eigenvalue weighted by molar-refractivity contribution is -0.525. The molecule has 27 heavy (non-hydrogen) atoms. The van der Waals surface area contributed by atoms with Gasteiger partial charge in [-0.25, -0.2) is 0 Å². The molecule has 3 aromatic rings. The van der Waals surface area contributed by atoms with E-state index in [2.05, 4.69) is 99.0 Å². The third-order valence-electron chi connectivity index (χ3n) is 4.73. The lowest BCUT2D eigenvalue weighted by Gasteiger charge is -2.26. The second kappa shape index (κ2) is 7.25. The highest BCUT2D eigenvalue weighted by Gasteiger charge is 2.30. The number of hydrogen-bond donors (Lipinski definition) is 1. The molecule has 0 spiro atoms. The molecule has 4 rings (SSSR count). The molecular formula is C23H24N4+. The Morgan fingerprint density at radius 3 is 1.85 bits per heavy atom. The van der Waals surface area contributed by atoms with Crippen molar-refractivity contribution in [3.8, 4) is 0 Å². The molecule has 1 aliphatic heterocycles. The summed E-state index contributed by atoms with van der Waals surface area (Å²) >= 11 is 0. The van der Waals surface area contributed by atoms with E-state index in [4.69, 9.17) is 5.43 Å². The Labute approximate surface area is 160 Å². The maximum absolute atomic E-state index is 4.90. The van der Waals surface area contributed by atoms with Gasteiger partial charge >= 0.3 is 0 Å². The number of nitrogens with zero attached hydrogens (tertiary/aromatic N) is 3. The molecule has 1 N–H and O–H groups in total. The number of hydrogen-bond acceptors (Lipinski definition) is 2. The maximum Gasteiger partial charge on any atom is 0.288 e. The van der Waals surface area contributed by atoms with Crippen LogP contribution in [0.2, 0.25) is 0 Å². The fraction of sp³-hybridized carbons (Fsp3) is 0.174. The molecule has 0 saturated carbocycles. The van der Waals surface area contributed by atoms with Crippen LogP contribution in [0.4, 0.5) is 11.4 Å². The summed E-state index contributed by atoms with van der Waals surface area (Å²) in [6, 6.07) is 25.4. The predicted molar refractivity (Wildman–Crippen MR) is 110 cm³/mol. The lowest BCUT2D eigenvalue weighted by atomic mass is 10.1. The first-order valence-electron chi connectivity index (χ1n) is 9.19. The van der Waals surface area contributed by atoms with Gasteiger partial charge in [-0.1, -0.05) is 70.6 Å². The number of nitrogens with one attached hydrogen (secondary N) is 1. The minimum Gasteiger partial charge on any atom is -0.148 e. The number of benzene rings is 3. The Bertz CT molecular complexity index is 941. The number of hydrazine groups is 1. The van der Waals surface area contributed by atoms with Crippen molar-refractivity contribution in [1.29, 1.82) is 0 Å². The first kappa shape index (κ1) is 17.3. The minimum atomic E-state index is -0.168. The van der Waals surface area contributed by atoms with Crippen molar-refractivity contribution in [2.24, 2.45) is 0 Å². The van der Waals surface area contributed by atoms with E-state index >= 15 is 0 Å². The van der Waals surface area contributed by atoms with Crippen LogP contribution in [0.25, 0.3) is 0 Å². The van der Waals surface area contributed by atoms with Crippen LogP contribution in [0.1, 0.15) is 28.4 Å². The van der Waals surface area contributed by atoms with Crippen LogP contribution in [0.3, 0.4) is 0 Å². The van der Waals surface area contributed by atoms with Gasteiger partial charge in [-0.2, -0.15) is 0 Å². The summed E-state index contributed by atoms with van der Waals surface area (Å²) in [5.74, 6) is 0. The van der Waals surface area contributed by atoms with E-state index in [9.17, 15) is 0 Å². The van der Waals surface area contributed by atoms with E-state index < -0.39 is 0 Å². The number of aryl methyl sites for hydroxylation is 3. The van der Waals surface area contributed by atoms with E-state index in [1.165, 1.54) is 16.7 Å². The molecule has 4 heteroatoms. The molecule has 0 amide bonds. The van der Waals surface area contributed by atoms with Crippen LogP contribution in [0.15, 0.2) is 72.8 Å². The minimum absolute atomic E-state index is 0.168. The van der Waals surface area contributed by atoms with E-state index in [1.54, 1.807) is 0 Å². The molecule has 135 valence electrons. The van der Waals surface area contributed by atoms with Crippen LogP contribution in [0, 0.1) is 20.8 Å². The van der Waals surface area contributed by atoms with Crippen LogP contribution in [-0.2, 0) is 0 Å². The van der Waals surface area contributed by atoms with Gasteiger partial charge in [0.05, 0.1) is 0 Å². The molecule has 3 aromatic carbocycles. The first-order valence-corrected chi connectivity index (χ1v) is 9.19. The highest BCUT2D eigenvalue weighted by atomic mass is 15.7. The molecule has 0 aromatic heterocycles. The van der Waals surface area contributed by atoms with Crippen molar-refractivity contribution >= 4 is 17.7 Å². The van der Waals surface area contributed by atoms with Crippen LogP contribution < -0.4 is 15.9 Å². The van der Waals surface area contributed by atoms with Gasteiger partial charge in [0.25, 0.3) is 6.34 Å². The van der Waals surface area contributed by atoms with Gasteiger partial charge in [-0.3, -0.25) is 0 Å². The summed E-state index contributed by atoms with van der Waals surface area (Å²) in [4.78, 5) is 0. The lowest BCUT2D eigenvalue weighted by Crippen LogP contribution is -2.51. The van der Waals surface area contributed by atoms with Crippen molar-refractivity contribution in [3.05, 3.63) is 95.1 Å². The standard InChI is InChI=1S/C23H24N4/c1-17-4-10-20(11-5-17)23-24-26(21-12-6-18(2)7-13-21)16-27(25-23)22-14-8-19(3)9-15-22/h4-16,23-24H,1-3H3/q+1. The molecule has 4 nitrogen and oxygen atoms in total. The summed E-state index contributed by atoms with van der Waals surface area (Å²) in [5.41, 5.74) is 15.4. The molecule has 0 bridgehead atoms. The van der Waals surface area contributed by atoms with E-state index in [-0.39, 0.29) is 6.17 Å². The molecular weight excluding hydrogens is 332 g/mol. The molecule has 0 aliphatic carbocycles. The van der Waals surface area contributed by atoms with Gasteiger partial charge in [0, 0.05) is 0 Å². The quantitative estimate of drug-likeness (QED) is 0.700. The first-order chi connectivity index (χ1) is 13.1. The fourth-order valence-electron chi connectivity index (χ4n) is 3.02. The average Bonchev–Trinajstić information content (AvgIpc) is 2.69. The summed E-state index contributed by atoms with van der Waals surface area (Å²) in [6.07, 6.45) is 1.82. The van der Waals surface area contributed by atoms with Gasteiger partial charge in [0.1, 0.15) is 5.69 Å². The molecule has 1 heterocycles. The van der Waals surface area contributed by atoms with Gasteiger partial charge in [0.2, 0.25) is 6.17 Å². The highest BCUT2D eigenvalue weighted by molar-refractivity contribution is 5.76. The zero-order valence-corrected chi connectivity index (χ0v) is 15.9. The second-order valence-electron chi connectivity index (χ2n) is 7.06. The third-order valence-corrected chi connectivity index (χ3v) is 4.73. The van der Waals surface area contributed by atoms with Gasteiger partial charge < -0.3 is 0 Å². The van der Waals surface area contributed by atoms with Crippen LogP contribution >= 0.6 is 0 Å². The highest BCUT2D eigenvalue weighted by Crippen LogP contribution is 2.23. The molecule has 1 radical (unpaired) electrons. The average molecular weight is 356 g/mol. The predicted octanol–water partition coefficient (Wildman–Crippen LogP) is 4.53. The molecule has 1 unspecified atom stereocenters. The smallest absolute Gasteiger partial charge is 0.148 e. The number of rotatable bonds is 3. The van der Waals surface area contributed by atoms with Gasteiger partial charge in [-0.05, 0) is 50.6 Å². The summed E-state index contributed by atoms with van der Waals surface area (Å²) in [5, 5.41) is 2.04. The second-order valence-corrected chi connectivity index (χ2v) is 7.06. The van der Waals surface area contributed by atoms with Crippen LogP contribution in [0.5, 0.6) is 0 Å². The Hall–Kier alpha value is -3.11. The zero-order chi connectivity index (χ0) is 18.8. The van der Waals surface area contributed by atoms with Crippen molar-refractivity contribution in [2.45, 2.75) is 26.9 Å². The SMILES string of the molecule is Cc1ccc(C2[N][N+](c3ccc(C)cc3)=CN(c3ccc(C)cc3)N2)cc1. The monoisotopic (exact) mass is 356 g/mol. The topological polar surface area (TPSA) is 32.4 Å². The number of anilines is 1. The Morgan fingerprint density at radius 2 is 1.26 bits per heavy atom. The summed E-state index contributed by atoms with van der Waals surface area (Å²) in [7, 11) is 0. The third kappa shape index (κ3) is 3.86. The fourth-order valence-corrected chi connectivity index (χ4v) is 3.02. The Morgan fingerprint density at radius 1 is 0.741 bits per heavy atom. The normalized spacial score (nSPS) is 16.6. The molecule has 0 saturated heterocycles. The molecule has 1 aliphatic rings. The van der Waals surface area contributed by atoms with E-state index in [0.717, 1.165) is 16.9 Å². The summed E-state index contributed by atoms with van der Waals surface area (Å²) in [6.45, 7) is 6.29. The maximum atomic E-state index is 4.90. The molecule has 0 fully saturated rings. The van der Waals surface area contributed by atoms with E-state index in [1.807, 2.05) is 16.0 Å². The van der Waals surface area contributed by atoms with E-state index in [0.29, 0.717) is 0 Å². The van der Waals surface area contributed by atoms with Crippen LogP contribution in [-0.4, -0.2) is 11.0 Å².